The molecule has 1 unspecified atom stereocenters. The molecule has 1 aliphatic heterocycles. The summed E-state index contributed by atoms with van der Waals surface area (Å²) >= 11 is 6.27. The van der Waals surface area contributed by atoms with Crippen molar-refractivity contribution in [2.75, 3.05) is 19.8 Å². The first-order chi connectivity index (χ1) is 9.66. The lowest BCUT2D eigenvalue weighted by atomic mass is 9.63. The van der Waals surface area contributed by atoms with Crippen LogP contribution in [0.2, 0.25) is 5.02 Å². The molecule has 0 spiro atoms. The number of ether oxygens (including phenoxy) is 2. The summed E-state index contributed by atoms with van der Waals surface area (Å²) in [5.74, 6) is 1.20. The second-order valence-electron chi connectivity index (χ2n) is 5.70. The zero-order valence-electron chi connectivity index (χ0n) is 11.4. The van der Waals surface area contributed by atoms with Crippen molar-refractivity contribution in [2.24, 2.45) is 11.1 Å². The second-order valence-corrected chi connectivity index (χ2v) is 6.11. The van der Waals surface area contributed by atoms with Gasteiger partial charge in [-0.1, -0.05) is 18.0 Å². The normalized spacial score (nSPS) is 21.8. The Labute approximate surface area is 123 Å². The van der Waals surface area contributed by atoms with E-state index in [0.29, 0.717) is 36.3 Å². The Morgan fingerprint density at radius 2 is 2.00 bits per heavy atom. The molecule has 1 aromatic rings. The van der Waals surface area contributed by atoms with E-state index >= 15 is 0 Å². The van der Waals surface area contributed by atoms with Gasteiger partial charge in [-0.15, -0.1) is 0 Å². The monoisotopic (exact) mass is 297 g/mol. The fourth-order valence-electron chi connectivity index (χ4n) is 2.98. The number of rotatable bonds is 3. The van der Waals surface area contributed by atoms with Crippen LogP contribution in [0.5, 0.6) is 11.5 Å². The van der Waals surface area contributed by atoms with Gasteiger partial charge in [-0.3, -0.25) is 0 Å². The molecule has 0 saturated heterocycles. The summed E-state index contributed by atoms with van der Waals surface area (Å²) in [7, 11) is 0. The Bertz CT molecular complexity index is 497. The maximum absolute atomic E-state index is 10.7. The van der Waals surface area contributed by atoms with Crippen LogP contribution in [0.15, 0.2) is 12.1 Å². The molecule has 5 heteroatoms. The van der Waals surface area contributed by atoms with Crippen molar-refractivity contribution >= 4 is 11.6 Å². The minimum absolute atomic E-state index is 0.205. The SMILES string of the molecule is NCC1(C(O)c2cc(Cl)c3c(c2)OCCCO3)CCC1. The van der Waals surface area contributed by atoms with Gasteiger partial charge in [-0.05, 0) is 30.5 Å². The summed E-state index contributed by atoms with van der Waals surface area (Å²) in [5.41, 5.74) is 6.42. The van der Waals surface area contributed by atoms with Crippen LogP contribution in [0.1, 0.15) is 37.4 Å². The van der Waals surface area contributed by atoms with Crippen molar-refractivity contribution in [2.45, 2.75) is 31.8 Å². The molecule has 4 nitrogen and oxygen atoms in total. The Hall–Kier alpha value is -0.970. The van der Waals surface area contributed by atoms with E-state index in [1.165, 1.54) is 0 Å². The highest BCUT2D eigenvalue weighted by atomic mass is 35.5. The molecule has 1 atom stereocenters. The van der Waals surface area contributed by atoms with Crippen LogP contribution in [0.25, 0.3) is 0 Å². The van der Waals surface area contributed by atoms with Crippen molar-refractivity contribution in [3.63, 3.8) is 0 Å². The van der Waals surface area contributed by atoms with E-state index in [4.69, 9.17) is 26.8 Å². The van der Waals surface area contributed by atoms with Crippen molar-refractivity contribution in [1.29, 1.82) is 0 Å². The van der Waals surface area contributed by atoms with Crippen LogP contribution in [0, 0.1) is 5.41 Å². The summed E-state index contributed by atoms with van der Waals surface area (Å²) < 4.78 is 11.3. The Morgan fingerprint density at radius 1 is 1.25 bits per heavy atom. The predicted molar refractivity (Wildman–Crippen MR) is 77.4 cm³/mol. The number of hydrogen-bond acceptors (Lipinski definition) is 4. The van der Waals surface area contributed by atoms with Crippen molar-refractivity contribution in [1.82, 2.24) is 0 Å². The maximum atomic E-state index is 10.7. The fraction of sp³-hybridized carbons (Fsp3) is 0.600. The lowest BCUT2D eigenvalue weighted by Gasteiger charge is -2.45. The number of aliphatic hydroxyl groups excluding tert-OH is 1. The Kier molecular flexibility index (Phi) is 3.80. The highest BCUT2D eigenvalue weighted by Gasteiger charge is 2.43. The standard InChI is InChI=1S/C15H20ClNO3/c16-11-7-10(14(18)15(9-17)3-1-4-15)8-12-13(11)20-6-2-5-19-12/h7-8,14,18H,1-6,9,17H2. The van der Waals surface area contributed by atoms with E-state index in [1.807, 2.05) is 6.07 Å². The van der Waals surface area contributed by atoms with Gasteiger partial charge in [0, 0.05) is 18.4 Å². The highest BCUT2D eigenvalue weighted by Crippen LogP contribution is 2.51. The van der Waals surface area contributed by atoms with Gasteiger partial charge in [-0.2, -0.15) is 0 Å². The predicted octanol–water partition coefficient (Wildman–Crippen LogP) is 2.66. The fourth-order valence-corrected chi connectivity index (χ4v) is 3.26. The van der Waals surface area contributed by atoms with Crippen LogP contribution >= 0.6 is 11.6 Å². The summed E-state index contributed by atoms with van der Waals surface area (Å²) in [6.45, 7) is 1.69. The number of hydrogen-bond donors (Lipinski definition) is 2. The molecule has 2 aliphatic rings. The van der Waals surface area contributed by atoms with Crippen molar-refractivity contribution in [3.05, 3.63) is 22.7 Å². The molecule has 110 valence electrons. The van der Waals surface area contributed by atoms with Crippen LogP contribution < -0.4 is 15.2 Å². The number of halogens is 1. The number of benzene rings is 1. The molecule has 0 radical (unpaired) electrons. The van der Waals surface area contributed by atoms with Crippen LogP contribution in [-0.4, -0.2) is 24.9 Å². The first-order valence-electron chi connectivity index (χ1n) is 7.13. The van der Waals surface area contributed by atoms with Gasteiger partial charge in [0.15, 0.2) is 11.5 Å². The summed E-state index contributed by atoms with van der Waals surface area (Å²) in [6.07, 6.45) is 3.26. The van der Waals surface area contributed by atoms with Gasteiger partial charge in [0.25, 0.3) is 0 Å². The second kappa shape index (κ2) is 5.43. The van der Waals surface area contributed by atoms with Crippen LogP contribution in [-0.2, 0) is 0 Å². The molecule has 3 N–H and O–H groups in total. The van der Waals surface area contributed by atoms with Crippen molar-refractivity contribution < 1.29 is 14.6 Å². The average Bonchev–Trinajstić information content (AvgIpc) is 2.63. The third-order valence-electron chi connectivity index (χ3n) is 4.48. The molecular formula is C15H20ClNO3. The van der Waals surface area contributed by atoms with Crippen LogP contribution in [0.3, 0.4) is 0 Å². The van der Waals surface area contributed by atoms with E-state index in [1.54, 1.807) is 6.07 Å². The van der Waals surface area contributed by atoms with Gasteiger partial charge in [0.2, 0.25) is 0 Å². The first kappa shape index (κ1) is 14.0. The van der Waals surface area contributed by atoms with E-state index in [2.05, 4.69) is 0 Å². The minimum Gasteiger partial charge on any atom is -0.489 e. The third kappa shape index (κ3) is 2.26. The lowest BCUT2D eigenvalue weighted by molar-refractivity contribution is -0.0298. The Morgan fingerprint density at radius 3 is 2.65 bits per heavy atom. The molecule has 1 fully saturated rings. The van der Waals surface area contributed by atoms with Gasteiger partial charge in [-0.25, -0.2) is 0 Å². The van der Waals surface area contributed by atoms with Crippen LogP contribution in [0.4, 0.5) is 0 Å². The summed E-state index contributed by atoms with van der Waals surface area (Å²) in [4.78, 5) is 0. The molecule has 0 bridgehead atoms. The van der Waals surface area contributed by atoms with E-state index in [0.717, 1.165) is 31.2 Å². The van der Waals surface area contributed by atoms with Crippen molar-refractivity contribution in [3.8, 4) is 11.5 Å². The minimum atomic E-state index is -0.601. The largest absolute Gasteiger partial charge is 0.489 e. The number of aliphatic hydroxyl groups is 1. The third-order valence-corrected chi connectivity index (χ3v) is 4.76. The molecule has 3 rings (SSSR count). The van der Waals surface area contributed by atoms with E-state index < -0.39 is 6.10 Å². The van der Waals surface area contributed by atoms with Gasteiger partial charge < -0.3 is 20.3 Å². The first-order valence-corrected chi connectivity index (χ1v) is 7.51. The van der Waals surface area contributed by atoms with E-state index in [9.17, 15) is 5.11 Å². The highest BCUT2D eigenvalue weighted by molar-refractivity contribution is 6.32. The molecular weight excluding hydrogens is 278 g/mol. The molecule has 0 amide bonds. The molecule has 20 heavy (non-hydrogen) atoms. The maximum Gasteiger partial charge on any atom is 0.179 e. The molecule has 1 saturated carbocycles. The van der Waals surface area contributed by atoms with Gasteiger partial charge in [0.1, 0.15) is 0 Å². The average molecular weight is 298 g/mol. The molecule has 0 aromatic heterocycles. The molecule has 1 aliphatic carbocycles. The lowest BCUT2D eigenvalue weighted by Crippen LogP contribution is -2.42. The van der Waals surface area contributed by atoms with Gasteiger partial charge in [0.05, 0.1) is 24.3 Å². The number of nitrogens with two attached hydrogens (primary N) is 1. The summed E-state index contributed by atoms with van der Waals surface area (Å²) in [6, 6.07) is 3.61. The smallest absolute Gasteiger partial charge is 0.179 e. The number of fused-ring (bicyclic) bond motifs is 1. The summed E-state index contributed by atoms with van der Waals surface area (Å²) in [5, 5.41) is 11.1. The topological polar surface area (TPSA) is 64.7 Å². The quantitative estimate of drug-likeness (QED) is 0.900. The van der Waals surface area contributed by atoms with E-state index in [-0.39, 0.29) is 5.41 Å². The molecule has 1 heterocycles. The Balaban J connectivity index is 1.94. The van der Waals surface area contributed by atoms with Gasteiger partial charge >= 0.3 is 0 Å². The molecule has 1 aromatic carbocycles. The zero-order valence-corrected chi connectivity index (χ0v) is 12.2. The zero-order chi connectivity index (χ0) is 14.2.